The maximum atomic E-state index is 11.9. The largest absolute Gasteiger partial charge is 0.469 e. The van der Waals surface area contributed by atoms with E-state index < -0.39 is 0 Å². The predicted molar refractivity (Wildman–Crippen MR) is 76.1 cm³/mol. The lowest BCUT2D eigenvalue weighted by Gasteiger charge is -2.06. The molecule has 1 heterocycles. The highest BCUT2D eigenvalue weighted by molar-refractivity contribution is 9.10. The second-order valence-corrected chi connectivity index (χ2v) is 5.12. The first-order valence-corrected chi connectivity index (χ1v) is 6.70. The average molecular weight is 326 g/mol. The van der Waals surface area contributed by atoms with Crippen LogP contribution < -0.4 is 5.32 Å². The van der Waals surface area contributed by atoms with E-state index in [4.69, 9.17) is 4.42 Å². The maximum absolute atomic E-state index is 11.9. The maximum Gasteiger partial charge on any atom is 0.252 e. The van der Waals surface area contributed by atoms with Crippen LogP contribution in [0.5, 0.6) is 0 Å². The SMILES string of the molecule is O=C(NCCc1ccco1)c1cc(S)ccc1Br. The van der Waals surface area contributed by atoms with E-state index in [2.05, 4.69) is 33.9 Å². The van der Waals surface area contributed by atoms with E-state index in [0.717, 1.165) is 15.1 Å². The zero-order valence-corrected chi connectivity index (χ0v) is 12.0. The third kappa shape index (κ3) is 3.40. The van der Waals surface area contributed by atoms with Gasteiger partial charge in [0.1, 0.15) is 5.76 Å². The van der Waals surface area contributed by atoms with Crippen molar-refractivity contribution in [2.75, 3.05) is 6.54 Å². The summed E-state index contributed by atoms with van der Waals surface area (Å²) in [6.45, 7) is 0.537. The van der Waals surface area contributed by atoms with Gasteiger partial charge in [-0.3, -0.25) is 4.79 Å². The Morgan fingerprint density at radius 2 is 2.22 bits per heavy atom. The molecule has 3 nitrogen and oxygen atoms in total. The molecule has 2 rings (SSSR count). The van der Waals surface area contributed by atoms with E-state index in [1.54, 1.807) is 12.3 Å². The summed E-state index contributed by atoms with van der Waals surface area (Å²) < 4.78 is 5.95. The van der Waals surface area contributed by atoms with Crippen molar-refractivity contribution < 1.29 is 9.21 Å². The molecule has 0 unspecified atom stereocenters. The molecule has 1 N–H and O–H groups in total. The van der Waals surface area contributed by atoms with Crippen LogP contribution >= 0.6 is 28.6 Å². The number of nitrogens with one attached hydrogen (secondary N) is 1. The molecule has 1 aromatic heterocycles. The summed E-state index contributed by atoms with van der Waals surface area (Å²) in [5.41, 5.74) is 0.585. The van der Waals surface area contributed by atoms with Gasteiger partial charge in [-0.05, 0) is 46.3 Å². The first-order valence-electron chi connectivity index (χ1n) is 5.46. The molecule has 0 fully saturated rings. The Labute approximate surface area is 119 Å². The van der Waals surface area contributed by atoms with Crippen molar-refractivity contribution in [2.45, 2.75) is 11.3 Å². The molecule has 0 spiro atoms. The Kier molecular flexibility index (Phi) is 4.49. The number of carbonyl (C=O) groups is 1. The van der Waals surface area contributed by atoms with Gasteiger partial charge in [-0.15, -0.1) is 12.6 Å². The van der Waals surface area contributed by atoms with Gasteiger partial charge in [0.05, 0.1) is 11.8 Å². The van der Waals surface area contributed by atoms with E-state index >= 15 is 0 Å². The van der Waals surface area contributed by atoms with Crippen molar-refractivity contribution >= 4 is 34.5 Å². The van der Waals surface area contributed by atoms with Gasteiger partial charge in [0.25, 0.3) is 5.91 Å². The van der Waals surface area contributed by atoms with E-state index in [9.17, 15) is 4.79 Å². The minimum absolute atomic E-state index is 0.121. The van der Waals surface area contributed by atoms with Gasteiger partial charge >= 0.3 is 0 Å². The van der Waals surface area contributed by atoms with Crippen molar-refractivity contribution in [2.24, 2.45) is 0 Å². The molecular formula is C13H12BrNO2S. The molecule has 5 heteroatoms. The molecule has 0 saturated carbocycles. The van der Waals surface area contributed by atoms with Crippen LogP contribution in [0, 0.1) is 0 Å². The van der Waals surface area contributed by atoms with E-state index in [-0.39, 0.29) is 5.91 Å². The normalized spacial score (nSPS) is 10.3. The van der Waals surface area contributed by atoms with Crippen LogP contribution in [0.25, 0.3) is 0 Å². The lowest BCUT2D eigenvalue weighted by molar-refractivity contribution is 0.0952. The Morgan fingerprint density at radius 3 is 2.94 bits per heavy atom. The molecular weight excluding hydrogens is 314 g/mol. The Hall–Kier alpha value is -1.20. The van der Waals surface area contributed by atoms with Gasteiger partial charge in [-0.2, -0.15) is 0 Å². The number of thiol groups is 1. The summed E-state index contributed by atoms with van der Waals surface area (Å²) in [4.78, 5) is 12.7. The zero-order valence-electron chi connectivity index (χ0n) is 9.52. The lowest BCUT2D eigenvalue weighted by atomic mass is 10.2. The summed E-state index contributed by atoms with van der Waals surface area (Å²) in [5, 5.41) is 2.84. The number of halogens is 1. The predicted octanol–water partition coefficient (Wildman–Crippen LogP) is 3.30. The fraction of sp³-hybridized carbons (Fsp3) is 0.154. The van der Waals surface area contributed by atoms with Crippen molar-refractivity contribution in [1.82, 2.24) is 5.32 Å². The van der Waals surface area contributed by atoms with E-state index in [1.807, 2.05) is 24.3 Å². The summed E-state index contributed by atoms with van der Waals surface area (Å²) in [6.07, 6.45) is 2.30. The highest BCUT2D eigenvalue weighted by Crippen LogP contribution is 2.20. The average Bonchev–Trinajstić information content (AvgIpc) is 2.85. The Bertz CT molecular complexity index is 540. The number of carbonyl (C=O) groups excluding carboxylic acids is 1. The number of amides is 1. The van der Waals surface area contributed by atoms with Crippen molar-refractivity contribution in [3.8, 4) is 0 Å². The first-order chi connectivity index (χ1) is 8.66. The number of furan rings is 1. The number of benzene rings is 1. The van der Waals surface area contributed by atoms with Crippen LogP contribution in [0.4, 0.5) is 0 Å². The summed E-state index contributed by atoms with van der Waals surface area (Å²) in [6, 6.07) is 9.08. The van der Waals surface area contributed by atoms with Crippen molar-refractivity contribution in [3.63, 3.8) is 0 Å². The number of hydrogen-bond donors (Lipinski definition) is 2. The highest BCUT2D eigenvalue weighted by Gasteiger charge is 2.09. The van der Waals surface area contributed by atoms with Gasteiger partial charge in [0.15, 0.2) is 0 Å². The van der Waals surface area contributed by atoms with Gasteiger partial charge in [-0.1, -0.05) is 0 Å². The molecule has 0 aliphatic carbocycles. The molecule has 1 amide bonds. The molecule has 0 aliphatic heterocycles. The quantitative estimate of drug-likeness (QED) is 0.847. The number of hydrogen-bond acceptors (Lipinski definition) is 3. The van der Waals surface area contributed by atoms with Crippen LogP contribution in [-0.4, -0.2) is 12.5 Å². The minimum atomic E-state index is -0.121. The van der Waals surface area contributed by atoms with Crippen LogP contribution in [0.1, 0.15) is 16.1 Å². The van der Waals surface area contributed by atoms with Crippen LogP contribution in [-0.2, 0) is 6.42 Å². The molecule has 1 aromatic carbocycles. The fourth-order valence-electron chi connectivity index (χ4n) is 1.54. The summed E-state index contributed by atoms with van der Waals surface area (Å²) in [7, 11) is 0. The molecule has 2 aromatic rings. The second-order valence-electron chi connectivity index (χ2n) is 3.75. The fourth-order valence-corrected chi connectivity index (χ4v) is 2.17. The van der Waals surface area contributed by atoms with Crippen LogP contribution in [0.2, 0.25) is 0 Å². The van der Waals surface area contributed by atoms with Gasteiger partial charge in [0.2, 0.25) is 0 Å². The topological polar surface area (TPSA) is 42.2 Å². The smallest absolute Gasteiger partial charge is 0.252 e. The third-order valence-corrected chi connectivity index (χ3v) is 3.40. The minimum Gasteiger partial charge on any atom is -0.469 e. The molecule has 0 saturated heterocycles. The van der Waals surface area contributed by atoms with Gasteiger partial charge in [-0.25, -0.2) is 0 Å². The van der Waals surface area contributed by atoms with E-state index in [0.29, 0.717) is 18.5 Å². The Balaban J connectivity index is 1.93. The van der Waals surface area contributed by atoms with Crippen LogP contribution in [0.3, 0.4) is 0 Å². The molecule has 94 valence electrons. The first kappa shape index (κ1) is 13.2. The lowest BCUT2D eigenvalue weighted by Crippen LogP contribution is -2.25. The van der Waals surface area contributed by atoms with Crippen LogP contribution in [0.15, 0.2) is 50.4 Å². The van der Waals surface area contributed by atoms with Crippen molar-refractivity contribution in [1.29, 1.82) is 0 Å². The van der Waals surface area contributed by atoms with E-state index in [1.165, 1.54) is 0 Å². The molecule has 0 atom stereocenters. The summed E-state index contributed by atoms with van der Waals surface area (Å²) in [5.74, 6) is 0.738. The second kappa shape index (κ2) is 6.11. The van der Waals surface area contributed by atoms with Crippen molar-refractivity contribution in [3.05, 3.63) is 52.4 Å². The molecule has 18 heavy (non-hydrogen) atoms. The molecule has 0 bridgehead atoms. The standard InChI is InChI=1S/C13H12BrNO2S/c14-12-4-3-10(18)8-11(12)13(16)15-6-5-9-2-1-7-17-9/h1-4,7-8,18H,5-6H2,(H,15,16). The number of rotatable bonds is 4. The third-order valence-electron chi connectivity index (χ3n) is 2.43. The zero-order chi connectivity index (χ0) is 13.0. The Morgan fingerprint density at radius 1 is 1.39 bits per heavy atom. The highest BCUT2D eigenvalue weighted by atomic mass is 79.9. The summed E-state index contributed by atoms with van der Waals surface area (Å²) >= 11 is 7.57. The monoisotopic (exact) mass is 325 g/mol. The van der Waals surface area contributed by atoms with Gasteiger partial charge < -0.3 is 9.73 Å². The molecule has 0 radical (unpaired) electrons. The molecule has 0 aliphatic rings. The van der Waals surface area contributed by atoms with Gasteiger partial charge in [0, 0.05) is 22.3 Å².